The van der Waals surface area contributed by atoms with Crippen LogP contribution in [0, 0.1) is 0 Å². The van der Waals surface area contributed by atoms with Gasteiger partial charge in [-0.15, -0.1) is 13.2 Å². The Labute approximate surface area is 102 Å². The molecule has 102 valence electrons. The maximum atomic E-state index is 12.1. The monoisotopic (exact) mass is 285 g/mol. The summed E-state index contributed by atoms with van der Waals surface area (Å²) >= 11 is 0. The summed E-state index contributed by atoms with van der Waals surface area (Å²) in [6, 6.07) is 4.36. The molecule has 0 saturated carbocycles. The van der Waals surface area contributed by atoms with E-state index >= 15 is 0 Å². The molecule has 18 heavy (non-hydrogen) atoms. The summed E-state index contributed by atoms with van der Waals surface area (Å²) in [5.74, 6) is -0.822. The van der Waals surface area contributed by atoms with Gasteiger partial charge in [0.2, 0.25) is 0 Å². The predicted octanol–water partition coefficient (Wildman–Crippen LogP) is 1.82. The van der Waals surface area contributed by atoms with Crippen LogP contribution in [0.15, 0.2) is 29.2 Å². The number of alkyl halides is 3. The molecular formula is C9H10F3NO4S. The van der Waals surface area contributed by atoms with Crippen LogP contribution in [0.25, 0.3) is 0 Å². The molecule has 0 bridgehead atoms. The second kappa shape index (κ2) is 5.55. The summed E-state index contributed by atoms with van der Waals surface area (Å²) in [5.41, 5.74) is 0. The van der Waals surface area contributed by atoms with E-state index in [9.17, 15) is 21.6 Å². The third-order valence-corrected chi connectivity index (χ3v) is 2.93. The van der Waals surface area contributed by atoms with Crippen LogP contribution in [0.4, 0.5) is 13.2 Å². The molecule has 0 spiro atoms. The zero-order valence-corrected chi connectivity index (χ0v) is 10.0. The quantitative estimate of drug-likeness (QED) is 0.838. The first kappa shape index (κ1) is 14.7. The van der Waals surface area contributed by atoms with E-state index in [1.165, 1.54) is 19.1 Å². The Kier molecular flexibility index (Phi) is 4.54. The highest BCUT2D eigenvalue weighted by atomic mass is 32.2. The molecule has 0 heterocycles. The van der Waals surface area contributed by atoms with Gasteiger partial charge in [0.25, 0.3) is 10.0 Å². The number of sulfonamides is 1. The van der Waals surface area contributed by atoms with E-state index in [-0.39, 0.29) is 6.61 Å². The smallest absolute Gasteiger partial charge is 0.404 e. The molecule has 0 unspecified atom stereocenters. The number of hydrogen-bond donors (Lipinski definition) is 1. The van der Waals surface area contributed by atoms with Crippen molar-refractivity contribution >= 4 is 10.0 Å². The summed E-state index contributed by atoms with van der Waals surface area (Å²) in [4.78, 5) is 5.48. The minimum absolute atomic E-state index is 0.0293. The zero-order valence-electron chi connectivity index (χ0n) is 9.19. The molecule has 0 saturated heterocycles. The molecule has 0 aliphatic heterocycles. The average Bonchev–Trinajstić information content (AvgIpc) is 2.25. The molecule has 1 N–H and O–H groups in total. The van der Waals surface area contributed by atoms with Crippen LogP contribution in [0.5, 0.6) is 5.75 Å². The van der Waals surface area contributed by atoms with E-state index in [1.807, 2.05) is 0 Å². The number of nitrogens with one attached hydrogen (secondary N) is 1. The lowest BCUT2D eigenvalue weighted by Gasteiger charge is -2.13. The van der Waals surface area contributed by atoms with Crippen molar-refractivity contribution in [1.82, 2.24) is 4.89 Å². The fourth-order valence-electron chi connectivity index (χ4n) is 1.06. The van der Waals surface area contributed by atoms with Crippen molar-refractivity contribution in [1.29, 1.82) is 0 Å². The van der Waals surface area contributed by atoms with Gasteiger partial charge in [-0.25, -0.2) is 8.42 Å². The third kappa shape index (κ3) is 4.17. The standard InChI is InChI=1S/C9H10F3NO4S/c1-2-16-13-18(14,15)8-6-4-3-5-7(8)17-9(10,11)12/h3-6,13H,2H2,1H3. The van der Waals surface area contributed by atoms with E-state index in [1.54, 1.807) is 4.89 Å². The van der Waals surface area contributed by atoms with Crippen LogP contribution in [-0.4, -0.2) is 21.4 Å². The van der Waals surface area contributed by atoms with Crippen LogP contribution < -0.4 is 9.62 Å². The summed E-state index contributed by atoms with van der Waals surface area (Å²) in [7, 11) is -4.22. The minimum Gasteiger partial charge on any atom is -0.404 e. The molecule has 9 heteroatoms. The van der Waals surface area contributed by atoms with Gasteiger partial charge in [0.15, 0.2) is 0 Å². The van der Waals surface area contributed by atoms with Gasteiger partial charge >= 0.3 is 6.36 Å². The van der Waals surface area contributed by atoms with Crippen LogP contribution in [-0.2, 0) is 14.9 Å². The van der Waals surface area contributed by atoms with Crippen LogP contribution in [0.2, 0.25) is 0 Å². The Morgan fingerprint density at radius 2 is 1.89 bits per heavy atom. The Morgan fingerprint density at radius 3 is 2.44 bits per heavy atom. The highest BCUT2D eigenvalue weighted by molar-refractivity contribution is 7.89. The summed E-state index contributed by atoms with van der Waals surface area (Å²) in [6.07, 6.45) is -4.97. The van der Waals surface area contributed by atoms with E-state index in [0.717, 1.165) is 12.1 Å². The van der Waals surface area contributed by atoms with E-state index in [2.05, 4.69) is 9.57 Å². The molecule has 0 amide bonds. The average molecular weight is 285 g/mol. The second-order valence-corrected chi connectivity index (χ2v) is 4.63. The van der Waals surface area contributed by atoms with Crippen molar-refractivity contribution in [2.24, 2.45) is 0 Å². The highest BCUT2D eigenvalue weighted by Crippen LogP contribution is 2.29. The maximum Gasteiger partial charge on any atom is 0.573 e. The van der Waals surface area contributed by atoms with Gasteiger partial charge in [-0.05, 0) is 19.1 Å². The van der Waals surface area contributed by atoms with Crippen LogP contribution in [0.3, 0.4) is 0 Å². The minimum atomic E-state index is -4.97. The Morgan fingerprint density at radius 1 is 1.28 bits per heavy atom. The zero-order chi connectivity index (χ0) is 13.8. The lowest BCUT2D eigenvalue weighted by molar-refractivity contribution is -0.275. The fraction of sp³-hybridized carbons (Fsp3) is 0.333. The van der Waals surface area contributed by atoms with Gasteiger partial charge < -0.3 is 4.74 Å². The molecule has 0 fully saturated rings. The lowest BCUT2D eigenvalue weighted by atomic mass is 10.3. The summed E-state index contributed by atoms with van der Waals surface area (Å²) in [6.45, 7) is 1.54. The topological polar surface area (TPSA) is 64.6 Å². The van der Waals surface area contributed by atoms with Gasteiger partial charge in [0, 0.05) is 0 Å². The van der Waals surface area contributed by atoms with Crippen molar-refractivity contribution in [3.05, 3.63) is 24.3 Å². The molecule has 5 nitrogen and oxygen atoms in total. The van der Waals surface area contributed by atoms with E-state index in [0.29, 0.717) is 0 Å². The maximum absolute atomic E-state index is 12.1. The molecule has 1 rings (SSSR count). The number of para-hydroxylation sites is 1. The van der Waals surface area contributed by atoms with Gasteiger partial charge in [-0.3, -0.25) is 4.84 Å². The Balaban J connectivity index is 3.09. The first-order valence-electron chi connectivity index (χ1n) is 4.74. The van der Waals surface area contributed by atoms with Crippen molar-refractivity contribution in [3.8, 4) is 5.75 Å². The molecule has 1 aromatic rings. The van der Waals surface area contributed by atoms with Gasteiger partial charge in [-0.1, -0.05) is 17.0 Å². The first-order chi connectivity index (χ1) is 8.26. The second-order valence-electron chi connectivity index (χ2n) is 3.01. The third-order valence-electron chi connectivity index (χ3n) is 1.68. The van der Waals surface area contributed by atoms with Crippen molar-refractivity contribution in [2.45, 2.75) is 18.2 Å². The van der Waals surface area contributed by atoms with Gasteiger partial charge in [0.05, 0.1) is 6.61 Å². The lowest BCUT2D eigenvalue weighted by Crippen LogP contribution is -2.26. The Hall–Kier alpha value is -1.32. The number of halogens is 3. The number of ether oxygens (including phenoxy) is 1. The Bertz CT molecular complexity index is 501. The largest absolute Gasteiger partial charge is 0.573 e. The molecule has 0 aromatic heterocycles. The molecular weight excluding hydrogens is 275 g/mol. The number of hydrogen-bond acceptors (Lipinski definition) is 4. The van der Waals surface area contributed by atoms with Gasteiger partial charge in [-0.2, -0.15) is 0 Å². The highest BCUT2D eigenvalue weighted by Gasteiger charge is 2.33. The molecule has 0 atom stereocenters. The normalized spacial score (nSPS) is 12.4. The van der Waals surface area contributed by atoms with Crippen LogP contribution in [0.1, 0.15) is 6.92 Å². The van der Waals surface area contributed by atoms with Crippen molar-refractivity contribution in [3.63, 3.8) is 0 Å². The number of rotatable bonds is 5. The predicted molar refractivity (Wildman–Crippen MR) is 55.1 cm³/mol. The van der Waals surface area contributed by atoms with Crippen molar-refractivity contribution in [2.75, 3.05) is 6.61 Å². The SMILES string of the molecule is CCONS(=O)(=O)c1ccccc1OC(F)(F)F. The molecule has 0 aliphatic carbocycles. The molecule has 1 aromatic carbocycles. The first-order valence-corrected chi connectivity index (χ1v) is 6.23. The van der Waals surface area contributed by atoms with Crippen LogP contribution >= 0.6 is 0 Å². The van der Waals surface area contributed by atoms with Gasteiger partial charge in [0.1, 0.15) is 10.6 Å². The van der Waals surface area contributed by atoms with E-state index in [4.69, 9.17) is 0 Å². The van der Waals surface area contributed by atoms with E-state index < -0.39 is 27.0 Å². The number of benzene rings is 1. The summed E-state index contributed by atoms with van der Waals surface area (Å²) < 4.78 is 63.1. The summed E-state index contributed by atoms with van der Waals surface area (Å²) in [5, 5.41) is 0. The fourth-order valence-corrected chi connectivity index (χ4v) is 2.06. The van der Waals surface area contributed by atoms with Crippen molar-refractivity contribution < 1.29 is 31.2 Å². The molecule has 0 aliphatic rings. The molecule has 0 radical (unpaired) electrons.